The Bertz CT molecular complexity index is 322. The Morgan fingerprint density at radius 3 is 2.75 bits per heavy atom. The van der Waals surface area contributed by atoms with E-state index >= 15 is 0 Å². The van der Waals surface area contributed by atoms with Crippen molar-refractivity contribution in [3.8, 4) is 0 Å². The molecule has 1 heterocycles. The average Bonchev–Trinajstić information content (AvgIpc) is 2.42. The van der Waals surface area contributed by atoms with Gasteiger partial charge in [0, 0.05) is 12.5 Å². The average molecular weight is 219 g/mol. The molecule has 90 valence electrons. The summed E-state index contributed by atoms with van der Waals surface area (Å²) in [6, 6.07) is 0. The summed E-state index contributed by atoms with van der Waals surface area (Å²) in [5.41, 5.74) is 4.98. The summed E-state index contributed by atoms with van der Waals surface area (Å²) in [4.78, 5) is 2.59. The van der Waals surface area contributed by atoms with Crippen molar-refractivity contribution >= 4 is 0 Å². The molecule has 0 bridgehead atoms. The minimum absolute atomic E-state index is 0.715. The fourth-order valence-electron chi connectivity index (χ4n) is 3.41. The molecule has 0 radical (unpaired) electrons. The van der Waals surface area contributed by atoms with Crippen molar-refractivity contribution in [1.29, 1.82) is 0 Å². The highest BCUT2D eigenvalue weighted by Crippen LogP contribution is 2.41. The number of likely N-dealkylation sites (tertiary alicyclic amines) is 1. The van der Waals surface area contributed by atoms with Crippen LogP contribution in [0, 0.1) is 11.8 Å². The first-order chi connectivity index (χ1) is 7.63. The third-order valence-electron chi connectivity index (χ3n) is 4.20. The monoisotopic (exact) mass is 219 g/mol. The molecule has 1 unspecified atom stereocenters. The summed E-state index contributed by atoms with van der Waals surface area (Å²) in [5.74, 6) is 1.49. The van der Waals surface area contributed by atoms with Crippen LogP contribution in [0.3, 0.4) is 0 Å². The van der Waals surface area contributed by atoms with Crippen molar-refractivity contribution in [3.05, 3.63) is 22.8 Å². The number of rotatable bonds is 2. The predicted molar refractivity (Wildman–Crippen MR) is 70.5 cm³/mol. The normalized spacial score (nSPS) is 27.1. The molecule has 1 nitrogen and oxygen atoms in total. The molecule has 0 aromatic carbocycles. The summed E-state index contributed by atoms with van der Waals surface area (Å²) < 4.78 is 0. The number of allylic oxidation sites excluding steroid dienone is 3. The van der Waals surface area contributed by atoms with Gasteiger partial charge < -0.3 is 4.90 Å². The molecule has 1 aliphatic heterocycles. The molecule has 0 saturated carbocycles. The first-order valence-electron chi connectivity index (χ1n) is 6.77. The smallest absolute Gasteiger partial charge is 0.00311 e. The minimum atomic E-state index is 0.715. The van der Waals surface area contributed by atoms with Crippen molar-refractivity contribution in [2.45, 2.75) is 40.5 Å². The van der Waals surface area contributed by atoms with E-state index in [0.29, 0.717) is 5.92 Å². The van der Waals surface area contributed by atoms with Gasteiger partial charge in [0.15, 0.2) is 0 Å². The molecule has 0 N–H and O–H groups in total. The topological polar surface area (TPSA) is 3.24 Å². The van der Waals surface area contributed by atoms with Crippen molar-refractivity contribution in [1.82, 2.24) is 4.90 Å². The molecule has 1 atom stereocenters. The van der Waals surface area contributed by atoms with E-state index in [2.05, 4.69) is 38.7 Å². The van der Waals surface area contributed by atoms with Crippen LogP contribution in [0.5, 0.6) is 0 Å². The summed E-state index contributed by atoms with van der Waals surface area (Å²) >= 11 is 0. The Morgan fingerprint density at radius 1 is 1.38 bits per heavy atom. The zero-order valence-electron chi connectivity index (χ0n) is 11.2. The first-order valence-corrected chi connectivity index (χ1v) is 6.77. The lowest BCUT2D eigenvalue weighted by Crippen LogP contribution is -2.24. The Balaban J connectivity index is 2.16. The van der Waals surface area contributed by atoms with E-state index in [9.17, 15) is 0 Å². The molecule has 2 aliphatic rings. The summed E-state index contributed by atoms with van der Waals surface area (Å²) in [5, 5.41) is 0. The van der Waals surface area contributed by atoms with E-state index in [0.717, 1.165) is 5.92 Å². The first kappa shape index (κ1) is 11.9. The fourth-order valence-corrected chi connectivity index (χ4v) is 3.41. The van der Waals surface area contributed by atoms with Gasteiger partial charge in [-0.3, -0.25) is 0 Å². The van der Waals surface area contributed by atoms with Crippen LogP contribution in [0.15, 0.2) is 22.8 Å². The Kier molecular flexibility index (Phi) is 3.53. The lowest BCUT2D eigenvalue weighted by atomic mass is 9.85. The van der Waals surface area contributed by atoms with Gasteiger partial charge in [-0.25, -0.2) is 0 Å². The van der Waals surface area contributed by atoms with Gasteiger partial charge in [-0.05, 0) is 38.8 Å². The highest BCUT2D eigenvalue weighted by molar-refractivity contribution is 5.42. The second-order valence-electron chi connectivity index (χ2n) is 5.54. The fraction of sp³-hybridized carbons (Fsp3) is 0.733. The Morgan fingerprint density at radius 2 is 2.12 bits per heavy atom. The standard InChI is InChI=1S/C15H25N/c1-5-16-8-6-13-10-12(4)15(11(2)3)14(13)7-9-16/h10-11,14H,5-9H2,1-4H3. The van der Waals surface area contributed by atoms with Crippen molar-refractivity contribution in [3.63, 3.8) is 0 Å². The second kappa shape index (κ2) is 4.75. The van der Waals surface area contributed by atoms with Gasteiger partial charge in [0.05, 0.1) is 0 Å². The number of hydrogen-bond donors (Lipinski definition) is 0. The van der Waals surface area contributed by atoms with E-state index in [4.69, 9.17) is 0 Å². The number of hydrogen-bond acceptors (Lipinski definition) is 1. The van der Waals surface area contributed by atoms with E-state index in [1.165, 1.54) is 32.5 Å². The zero-order chi connectivity index (χ0) is 11.7. The van der Waals surface area contributed by atoms with E-state index in [1.54, 1.807) is 16.7 Å². The number of fused-ring (bicyclic) bond motifs is 1. The molecule has 0 amide bonds. The molecule has 0 spiro atoms. The largest absolute Gasteiger partial charge is 0.303 e. The van der Waals surface area contributed by atoms with Gasteiger partial charge in [-0.15, -0.1) is 0 Å². The van der Waals surface area contributed by atoms with Crippen LogP contribution in [0.25, 0.3) is 0 Å². The molecule has 0 aromatic heterocycles. The molecule has 1 heteroatoms. The Hall–Kier alpha value is -0.560. The second-order valence-corrected chi connectivity index (χ2v) is 5.54. The van der Waals surface area contributed by atoms with Crippen LogP contribution in [-0.4, -0.2) is 24.5 Å². The maximum atomic E-state index is 2.59. The summed E-state index contributed by atoms with van der Waals surface area (Å²) in [6.07, 6.45) is 5.09. The van der Waals surface area contributed by atoms with E-state index < -0.39 is 0 Å². The van der Waals surface area contributed by atoms with Crippen LogP contribution >= 0.6 is 0 Å². The summed E-state index contributed by atoms with van der Waals surface area (Å²) in [7, 11) is 0. The van der Waals surface area contributed by atoms with Crippen molar-refractivity contribution in [2.24, 2.45) is 11.8 Å². The van der Waals surface area contributed by atoms with Crippen LogP contribution in [0.1, 0.15) is 40.5 Å². The third kappa shape index (κ3) is 2.10. The van der Waals surface area contributed by atoms with Crippen molar-refractivity contribution < 1.29 is 0 Å². The van der Waals surface area contributed by atoms with Gasteiger partial charge in [0.1, 0.15) is 0 Å². The van der Waals surface area contributed by atoms with Crippen LogP contribution < -0.4 is 0 Å². The molecule has 1 fully saturated rings. The highest BCUT2D eigenvalue weighted by atomic mass is 15.1. The van der Waals surface area contributed by atoms with Crippen LogP contribution in [0.2, 0.25) is 0 Å². The molecule has 1 aliphatic carbocycles. The maximum absolute atomic E-state index is 2.59. The third-order valence-corrected chi connectivity index (χ3v) is 4.20. The quantitative estimate of drug-likeness (QED) is 0.685. The molecule has 1 saturated heterocycles. The number of nitrogens with zero attached hydrogens (tertiary/aromatic N) is 1. The zero-order valence-corrected chi connectivity index (χ0v) is 11.2. The van der Waals surface area contributed by atoms with Crippen LogP contribution in [-0.2, 0) is 0 Å². The Labute approximate surface area is 100 Å². The highest BCUT2D eigenvalue weighted by Gasteiger charge is 2.29. The molecular formula is C15H25N. The van der Waals surface area contributed by atoms with Gasteiger partial charge in [-0.2, -0.15) is 0 Å². The predicted octanol–water partition coefficient (Wildman–Crippen LogP) is 3.63. The SMILES string of the molecule is CCN1CCC2=CC(C)=C(C(C)C)C2CC1. The molecule has 0 aromatic rings. The molecule has 16 heavy (non-hydrogen) atoms. The van der Waals surface area contributed by atoms with Gasteiger partial charge in [-0.1, -0.05) is 43.6 Å². The lowest BCUT2D eigenvalue weighted by Gasteiger charge is -2.21. The van der Waals surface area contributed by atoms with Gasteiger partial charge in [0.2, 0.25) is 0 Å². The van der Waals surface area contributed by atoms with Gasteiger partial charge in [0.25, 0.3) is 0 Å². The lowest BCUT2D eigenvalue weighted by molar-refractivity contribution is 0.297. The molecule has 2 rings (SSSR count). The minimum Gasteiger partial charge on any atom is -0.303 e. The van der Waals surface area contributed by atoms with Gasteiger partial charge >= 0.3 is 0 Å². The summed E-state index contributed by atoms with van der Waals surface area (Å²) in [6.45, 7) is 13.0. The van der Waals surface area contributed by atoms with E-state index in [-0.39, 0.29) is 0 Å². The van der Waals surface area contributed by atoms with E-state index in [1.807, 2.05) is 0 Å². The molecular weight excluding hydrogens is 194 g/mol. The maximum Gasteiger partial charge on any atom is 0.00311 e. The van der Waals surface area contributed by atoms with Crippen LogP contribution in [0.4, 0.5) is 0 Å². The van der Waals surface area contributed by atoms with Crippen molar-refractivity contribution in [2.75, 3.05) is 19.6 Å².